The Morgan fingerprint density at radius 2 is 1.89 bits per heavy atom. The Balaban J connectivity index is 2.33. The molecule has 2 rings (SSSR count). The van der Waals surface area contributed by atoms with Gasteiger partial charge in [-0.25, -0.2) is 0 Å². The molecule has 28 heavy (non-hydrogen) atoms. The highest BCUT2D eigenvalue weighted by atomic mass is 16.3. The van der Waals surface area contributed by atoms with E-state index in [1.807, 2.05) is 19.1 Å². The lowest BCUT2D eigenvalue weighted by Crippen LogP contribution is -2.48. The molecular formula is C21H35N3O4. The fraction of sp³-hybridized carbons (Fsp3) is 0.762. The van der Waals surface area contributed by atoms with Crippen molar-refractivity contribution < 1.29 is 19.5 Å². The average Bonchev–Trinajstić information content (AvgIpc) is 2.99. The molecule has 0 saturated carbocycles. The zero-order valence-corrected chi connectivity index (χ0v) is 17.3. The summed E-state index contributed by atoms with van der Waals surface area (Å²) in [7, 11) is 1.59. The monoisotopic (exact) mass is 393 g/mol. The molecule has 0 aromatic carbocycles. The number of nitrogens with zero attached hydrogens (tertiary/aromatic N) is 1. The van der Waals surface area contributed by atoms with E-state index in [-0.39, 0.29) is 36.2 Å². The van der Waals surface area contributed by atoms with Crippen LogP contribution in [0.2, 0.25) is 0 Å². The van der Waals surface area contributed by atoms with Crippen LogP contribution >= 0.6 is 0 Å². The number of rotatable bonds is 10. The Morgan fingerprint density at radius 1 is 1.14 bits per heavy atom. The highest BCUT2D eigenvalue weighted by Crippen LogP contribution is 2.44. The number of likely N-dealkylation sites (tertiary alicyclic amines) is 1. The zero-order chi connectivity index (χ0) is 20.7. The number of aliphatic hydroxyl groups excluding tert-OH is 1. The van der Waals surface area contributed by atoms with Crippen LogP contribution < -0.4 is 10.6 Å². The molecule has 0 spiro atoms. The van der Waals surface area contributed by atoms with E-state index in [2.05, 4.69) is 17.6 Å². The van der Waals surface area contributed by atoms with E-state index >= 15 is 0 Å². The Labute approximate surface area is 167 Å². The molecule has 7 heteroatoms. The first kappa shape index (κ1) is 22.4. The number of hydrogen-bond donors (Lipinski definition) is 3. The number of amides is 3. The fourth-order valence-electron chi connectivity index (χ4n) is 4.54. The van der Waals surface area contributed by atoms with E-state index < -0.39 is 17.9 Å². The van der Waals surface area contributed by atoms with Gasteiger partial charge >= 0.3 is 0 Å². The summed E-state index contributed by atoms with van der Waals surface area (Å²) in [6, 6.07) is -0.589. The molecule has 1 saturated heterocycles. The minimum atomic E-state index is -0.589. The van der Waals surface area contributed by atoms with Crippen molar-refractivity contribution in [1.82, 2.24) is 15.5 Å². The standard InChI is InChI=1S/C21H35N3O4/c1-4-6-11-23-20(27)18-15-10-9-14(5-2)16(19(26)22-3)17(15)21(28)24(18)12-7-8-13-25/h9-10,14-18,25H,4-8,11-13H2,1-3H3,(H,22,26)(H,23,27)/t14-,15+,16-,17+,18+/m1/s1. The van der Waals surface area contributed by atoms with Crippen molar-refractivity contribution in [2.75, 3.05) is 26.7 Å². The van der Waals surface area contributed by atoms with Gasteiger partial charge in [-0.1, -0.05) is 32.4 Å². The summed E-state index contributed by atoms with van der Waals surface area (Å²) in [4.78, 5) is 40.6. The number of aliphatic hydroxyl groups is 1. The largest absolute Gasteiger partial charge is 0.396 e. The van der Waals surface area contributed by atoms with Crippen LogP contribution in [-0.2, 0) is 14.4 Å². The predicted octanol–water partition coefficient (Wildman–Crippen LogP) is 1.08. The smallest absolute Gasteiger partial charge is 0.243 e. The number of carbonyl (C=O) groups excluding carboxylic acids is 3. The summed E-state index contributed by atoms with van der Waals surface area (Å²) in [6.07, 6.45) is 7.83. The third-order valence-corrected chi connectivity index (χ3v) is 6.04. The molecule has 0 bridgehead atoms. The molecule has 3 amide bonds. The van der Waals surface area contributed by atoms with E-state index in [1.54, 1.807) is 11.9 Å². The maximum Gasteiger partial charge on any atom is 0.243 e. The van der Waals surface area contributed by atoms with Gasteiger partial charge in [0.1, 0.15) is 6.04 Å². The van der Waals surface area contributed by atoms with Gasteiger partial charge in [0.25, 0.3) is 0 Å². The molecular weight excluding hydrogens is 358 g/mol. The Hall–Kier alpha value is -1.89. The molecule has 7 nitrogen and oxygen atoms in total. The maximum absolute atomic E-state index is 13.3. The quantitative estimate of drug-likeness (QED) is 0.382. The second-order valence-corrected chi connectivity index (χ2v) is 7.75. The van der Waals surface area contributed by atoms with Crippen molar-refractivity contribution in [2.45, 2.75) is 52.0 Å². The van der Waals surface area contributed by atoms with Crippen molar-refractivity contribution in [3.63, 3.8) is 0 Å². The van der Waals surface area contributed by atoms with Gasteiger partial charge in [-0.15, -0.1) is 0 Å². The maximum atomic E-state index is 13.3. The van der Waals surface area contributed by atoms with E-state index in [9.17, 15) is 14.4 Å². The van der Waals surface area contributed by atoms with E-state index in [1.165, 1.54) is 0 Å². The number of fused-ring (bicyclic) bond motifs is 1. The predicted molar refractivity (Wildman–Crippen MR) is 107 cm³/mol. The van der Waals surface area contributed by atoms with Gasteiger partial charge in [-0.3, -0.25) is 14.4 Å². The van der Waals surface area contributed by atoms with Gasteiger partial charge in [0.15, 0.2) is 0 Å². The molecule has 0 unspecified atom stereocenters. The van der Waals surface area contributed by atoms with Crippen LogP contribution in [0.1, 0.15) is 46.0 Å². The van der Waals surface area contributed by atoms with Crippen molar-refractivity contribution in [3.8, 4) is 0 Å². The molecule has 5 atom stereocenters. The summed E-state index contributed by atoms with van der Waals surface area (Å²) in [5, 5.41) is 14.8. The molecule has 1 fully saturated rings. The average molecular weight is 394 g/mol. The van der Waals surface area contributed by atoms with E-state index in [4.69, 9.17) is 5.11 Å². The Bertz CT molecular complexity index is 592. The van der Waals surface area contributed by atoms with Crippen molar-refractivity contribution >= 4 is 17.7 Å². The molecule has 1 heterocycles. The molecule has 2 aliphatic rings. The lowest BCUT2D eigenvalue weighted by molar-refractivity contribution is -0.140. The molecule has 0 aromatic heterocycles. The summed E-state index contributed by atoms with van der Waals surface area (Å²) < 4.78 is 0. The first-order chi connectivity index (χ1) is 13.5. The van der Waals surface area contributed by atoms with Crippen molar-refractivity contribution in [1.29, 1.82) is 0 Å². The molecule has 0 radical (unpaired) electrons. The third kappa shape index (κ3) is 4.57. The third-order valence-electron chi connectivity index (χ3n) is 6.04. The Morgan fingerprint density at radius 3 is 2.50 bits per heavy atom. The van der Waals surface area contributed by atoms with Gasteiger partial charge < -0.3 is 20.6 Å². The van der Waals surface area contributed by atoms with Crippen LogP contribution in [0, 0.1) is 23.7 Å². The van der Waals surface area contributed by atoms with Crippen LogP contribution in [0.25, 0.3) is 0 Å². The first-order valence-corrected chi connectivity index (χ1v) is 10.6. The first-order valence-electron chi connectivity index (χ1n) is 10.6. The second-order valence-electron chi connectivity index (χ2n) is 7.75. The Kier molecular flexibility index (Phi) is 8.48. The van der Waals surface area contributed by atoms with Gasteiger partial charge in [-0.05, 0) is 31.6 Å². The second kappa shape index (κ2) is 10.6. The van der Waals surface area contributed by atoms with Crippen molar-refractivity contribution in [2.24, 2.45) is 23.7 Å². The van der Waals surface area contributed by atoms with Gasteiger partial charge in [0.05, 0.1) is 11.8 Å². The number of nitrogens with one attached hydrogen (secondary N) is 2. The molecule has 1 aliphatic carbocycles. The fourth-order valence-corrected chi connectivity index (χ4v) is 4.54. The van der Waals surface area contributed by atoms with Gasteiger partial charge in [-0.2, -0.15) is 0 Å². The van der Waals surface area contributed by atoms with Gasteiger partial charge in [0, 0.05) is 32.7 Å². The lowest BCUT2D eigenvalue weighted by atomic mass is 9.69. The number of carbonyl (C=O) groups is 3. The highest BCUT2D eigenvalue weighted by molar-refractivity contribution is 5.96. The summed E-state index contributed by atoms with van der Waals surface area (Å²) in [5.41, 5.74) is 0. The van der Waals surface area contributed by atoms with E-state index in [0.29, 0.717) is 25.9 Å². The molecule has 3 N–H and O–H groups in total. The molecule has 158 valence electrons. The number of unbranched alkanes of at least 4 members (excludes halogenated alkanes) is 2. The van der Waals surface area contributed by atoms with Crippen LogP contribution in [0.5, 0.6) is 0 Å². The molecule has 0 aromatic rings. The van der Waals surface area contributed by atoms with Crippen LogP contribution in [0.15, 0.2) is 12.2 Å². The normalized spacial score (nSPS) is 28.9. The summed E-state index contributed by atoms with van der Waals surface area (Å²) in [6.45, 7) is 5.14. The van der Waals surface area contributed by atoms with E-state index in [0.717, 1.165) is 19.3 Å². The van der Waals surface area contributed by atoms with Crippen molar-refractivity contribution in [3.05, 3.63) is 12.2 Å². The topological polar surface area (TPSA) is 98.7 Å². The SMILES string of the molecule is CCCCNC(=O)[C@@H]1[C@H]2C=C[C@@H](CC)[C@@H](C(=O)NC)[C@H]2C(=O)N1CCCCO. The number of allylic oxidation sites excluding steroid dienone is 1. The summed E-state index contributed by atoms with van der Waals surface area (Å²) in [5.74, 6) is -1.66. The van der Waals surface area contributed by atoms with Crippen LogP contribution in [0.4, 0.5) is 0 Å². The molecule has 1 aliphatic heterocycles. The van der Waals surface area contributed by atoms with Gasteiger partial charge in [0.2, 0.25) is 17.7 Å². The summed E-state index contributed by atoms with van der Waals surface area (Å²) >= 11 is 0. The minimum Gasteiger partial charge on any atom is -0.396 e. The highest BCUT2D eigenvalue weighted by Gasteiger charge is 2.56. The lowest BCUT2D eigenvalue weighted by Gasteiger charge is -2.33. The van der Waals surface area contributed by atoms with Crippen LogP contribution in [-0.4, -0.2) is 60.5 Å². The zero-order valence-electron chi connectivity index (χ0n) is 17.3. The van der Waals surface area contributed by atoms with Crippen LogP contribution in [0.3, 0.4) is 0 Å². The number of hydrogen-bond acceptors (Lipinski definition) is 4. The minimum absolute atomic E-state index is 0.00801.